The van der Waals surface area contributed by atoms with Crippen LogP contribution in [-0.4, -0.2) is 24.1 Å². The fourth-order valence-corrected chi connectivity index (χ4v) is 5.85. The topological polar surface area (TPSA) is 52.6 Å². The summed E-state index contributed by atoms with van der Waals surface area (Å²) in [6.07, 6.45) is -1.42. The molecule has 40 heavy (non-hydrogen) atoms. The Hall–Kier alpha value is -4.18. The molecule has 0 N–H and O–H groups in total. The molecule has 4 aromatic carbocycles. The average Bonchev–Trinajstić information content (AvgIpc) is 2.95. The quantitative estimate of drug-likeness (QED) is 0.245. The second kappa shape index (κ2) is 11.1. The first-order valence-corrected chi connectivity index (χ1v) is 13.9. The zero-order valence-corrected chi connectivity index (χ0v) is 24.0. The van der Waals surface area contributed by atoms with Crippen molar-refractivity contribution < 1.29 is 19.1 Å². The summed E-state index contributed by atoms with van der Waals surface area (Å²) in [6, 6.07) is 26.8. The molecule has 0 saturated heterocycles. The van der Waals surface area contributed by atoms with Gasteiger partial charge in [-0.25, -0.2) is 9.59 Å². The first-order chi connectivity index (χ1) is 19.2. The number of hydrogen-bond donors (Lipinski definition) is 0. The van der Waals surface area contributed by atoms with Crippen LogP contribution in [0, 0.1) is 34.6 Å². The van der Waals surface area contributed by atoms with Gasteiger partial charge < -0.3 is 9.47 Å². The van der Waals surface area contributed by atoms with Crippen molar-refractivity contribution in [2.75, 3.05) is 0 Å². The molecule has 0 amide bonds. The van der Waals surface area contributed by atoms with Gasteiger partial charge in [0.2, 0.25) is 0 Å². The molecule has 0 spiro atoms. The Balaban J connectivity index is 1.70. The number of hydrogen-bond acceptors (Lipinski definition) is 4. The van der Waals surface area contributed by atoms with Gasteiger partial charge in [-0.2, -0.15) is 0 Å². The van der Waals surface area contributed by atoms with Crippen LogP contribution < -0.4 is 0 Å². The number of carbonyl (C=O) groups excluding carboxylic acids is 2. The average molecular weight is 533 g/mol. The van der Waals surface area contributed by atoms with E-state index < -0.39 is 24.1 Å². The number of aryl methyl sites for hydroxylation is 5. The maximum atomic E-state index is 13.6. The smallest absolute Gasteiger partial charge is 0.338 e. The van der Waals surface area contributed by atoms with Crippen LogP contribution in [0.1, 0.15) is 84.0 Å². The molecule has 4 heteroatoms. The van der Waals surface area contributed by atoms with Crippen molar-refractivity contribution in [1.82, 2.24) is 0 Å². The molecule has 0 saturated carbocycles. The lowest BCUT2D eigenvalue weighted by atomic mass is 9.69. The van der Waals surface area contributed by atoms with E-state index in [4.69, 9.17) is 9.47 Å². The summed E-state index contributed by atoms with van der Waals surface area (Å²) in [6.45, 7) is 12.6. The molecule has 4 aromatic rings. The maximum absolute atomic E-state index is 13.6. The van der Waals surface area contributed by atoms with Crippen LogP contribution in [0.15, 0.2) is 84.9 Å². The van der Waals surface area contributed by atoms with Crippen molar-refractivity contribution in [1.29, 1.82) is 0 Å². The second-order valence-corrected chi connectivity index (χ2v) is 11.1. The highest BCUT2D eigenvalue weighted by Gasteiger charge is 2.47. The predicted molar refractivity (Wildman–Crippen MR) is 158 cm³/mol. The molecule has 204 valence electrons. The van der Waals surface area contributed by atoms with E-state index >= 15 is 0 Å². The summed E-state index contributed by atoms with van der Waals surface area (Å²) in [5, 5.41) is 0. The number of carbonyl (C=O) groups is 2. The van der Waals surface area contributed by atoms with E-state index in [0.29, 0.717) is 11.1 Å². The lowest BCUT2D eigenvalue weighted by molar-refractivity contribution is -0.0532. The zero-order chi connectivity index (χ0) is 28.6. The third-order valence-electron chi connectivity index (χ3n) is 8.39. The molecule has 1 aliphatic carbocycles. The van der Waals surface area contributed by atoms with E-state index in [1.165, 1.54) is 16.7 Å². The van der Waals surface area contributed by atoms with Gasteiger partial charge in [-0.15, -0.1) is 0 Å². The van der Waals surface area contributed by atoms with E-state index in [1.54, 1.807) is 24.3 Å². The number of rotatable bonds is 5. The largest absolute Gasteiger partial charge is 0.454 e. The number of esters is 2. The molecule has 4 atom stereocenters. The molecule has 1 aliphatic rings. The highest BCUT2D eigenvalue weighted by Crippen LogP contribution is 2.47. The van der Waals surface area contributed by atoms with Gasteiger partial charge in [0.1, 0.15) is 6.10 Å². The normalized spacial score (nSPS) is 19.9. The van der Waals surface area contributed by atoms with Gasteiger partial charge >= 0.3 is 11.9 Å². The lowest BCUT2D eigenvalue weighted by Crippen LogP contribution is -2.47. The Labute approximate surface area is 237 Å². The fraction of sp³-hybridized carbons (Fsp3) is 0.278. The number of ether oxygens (including phenoxy) is 2. The third-order valence-corrected chi connectivity index (χ3v) is 8.39. The molecule has 0 radical (unpaired) electrons. The van der Waals surface area contributed by atoms with Gasteiger partial charge in [-0.3, -0.25) is 0 Å². The standard InChI is InChI=1S/C36H36O4/c1-21-17-25(5)29(18-22(21)2)32-31-20-24(4)23(3)19-30(31)26(6)33(39-35(37)27-13-9-7-10-14-27)34(32)40-36(38)28-15-11-8-12-16-28/h7-20,26,32-34H,1-6H3. The van der Waals surface area contributed by atoms with Crippen molar-refractivity contribution in [3.05, 3.63) is 141 Å². The Kier molecular flexibility index (Phi) is 7.62. The molecule has 0 aromatic heterocycles. The SMILES string of the molecule is Cc1cc(C)c(C2c3cc(C)c(C)cc3C(C)C(OC(=O)c3ccccc3)C2OC(=O)c2ccccc2)cc1C. The Bertz CT molecular complexity index is 1560. The predicted octanol–water partition coefficient (Wildman–Crippen LogP) is 7.93. The van der Waals surface area contributed by atoms with Crippen LogP contribution in [0.5, 0.6) is 0 Å². The van der Waals surface area contributed by atoms with Crippen molar-refractivity contribution in [2.24, 2.45) is 0 Å². The van der Waals surface area contributed by atoms with Crippen molar-refractivity contribution in [3.8, 4) is 0 Å². The van der Waals surface area contributed by atoms with Crippen LogP contribution in [-0.2, 0) is 9.47 Å². The van der Waals surface area contributed by atoms with Crippen molar-refractivity contribution in [3.63, 3.8) is 0 Å². The Morgan fingerprint density at radius 3 is 1.48 bits per heavy atom. The zero-order valence-electron chi connectivity index (χ0n) is 24.0. The molecule has 0 fully saturated rings. The van der Waals surface area contributed by atoms with Gasteiger partial charge in [-0.05, 0) is 103 Å². The van der Waals surface area contributed by atoms with Crippen molar-refractivity contribution >= 4 is 11.9 Å². The maximum Gasteiger partial charge on any atom is 0.338 e. The Morgan fingerprint density at radius 1 is 0.525 bits per heavy atom. The molecule has 0 bridgehead atoms. The highest BCUT2D eigenvalue weighted by molar-refractivity contribution is 5.90. The van der Waals surface area contributed by atoms with E-state index in [0.717, 1.165) is 27.8 Å². The molecular weight excluding hydrogens is 496 g/mol. The monoisotopic (exact) mass is 532 g/mol. The van der Waals surface area contributed by atoms with Crippen LogP contribution in [0.3, 0.4) is 0 Å². The first kappa shape index (κ1) is 27.4. The molecule has 5 rings (SSSR count). The number of benzene rings is 4. The summed E-state index contributed by atoms with van der Waals surface area (Å²) in [5.74, 6) is -1.37. The summed E-state index contributed by atoms with van der Waals surface area (Å²) in [4.78, 5) is 27.0. The van der Waals surface area contributed by atoms with Gasteiger partial charge in [0.25, 0.3) is 0 Å². The van der Waals surface area contributed by atoms with E-state index in [9.17, 15) is 9.59 Å². The van der Waals surface area contributed by atoms with E-state index in [-0.39, 0.29) is 11.8 Å². The number of fused-ring (bicyclic) bond motifs is 1. The summed E-state index contributed by atoms with van der Waals surface area (Å²) >= 11 is 0. The summed E-state index contributed by atoms with van der Waals surface area (Å²) < 4.78 is 12.7. The highest BCUT2D eigenvalue weighted by atomic mass is 16.6. The second-order valence-electron chi connectivity index (χ2n) is 11.1. The fourth-order valence-electron chi connectivity index (χ4n) is 5.85. The van der Waals surface area contributed by atoms with E-state index in [1.807, 2.05) is 36.4 Å². The minimum absolute atomic E-state index is 0.196. The van der Waals surface area contributed by atoms with Crippen LogP contribution in [0.4, 0.5) is 0 Å². The van der Waals surface area contributed by atoms with Crippen LogP contribution >= 0.6 is 0 Å². The lowest BCUT2D eigenvalue weighted by Gasteiger charge is -2.43. The van der Waals surface area contributed by atoms with Gasteiger partial charge in [0, 0.05) is 5.92 Å². The minimum atomic E-state index is -0.731. The van der Waals surface area contributed by atoms with Crippen LogP contribution in [0.25, 0.3) is 0 Å². The van der Waals surface area contributed by atoms with Gasteiger partial charge in [0.05, 0.1) is 17.0 Å². The first-order valence-electron chi connectivity index (χ1n) is 13.9. The minimum Gasteiger partial charge on any atom is -0.454 e. The molecular formula is C36H36O4. The van der Waals surface area contributed by atoms with Gasteiger partial charge in [0.15, 0.2) is 6.10 Å². The molecule has 4 nitrogen and oxygen atoms in total. The molecule has 0 aliphatic heterocycles. The van der Waals surface area contributed by atoms with Gasteiger partial charge in [-0.1, -0.05) is 67.6 Å². The molecule has 4 unspecified atom stereocenters. The van der Waals surface area contributed by atoms with Crippen molar-refractivity contribution in [2.45, 2.75) is 65.6 Å². The summed E-state index contributed by atoms with van der Waals surface area (Å²) in [5.41, 5.74) is 10.1. The molecule has 0 heterocycles. The Morgan fingerprint density at radius 2 is 0.950 bits per heavy atom. The third kappa shape index (κ3) is 5.19. The summed E-state index contributed by atoms with van der Waals surface area (Å²) in [7, 11) is 0. The van der Waals surface area contributed by atoms with Crippen LogP contribution in [0.2, 0.25) is 0 Å². The van der Waals surface area contributed by atoms with E-state index in [2.05, 4.69) is 65.8 Å².